The highest BCUT2D eigenvalue weighted by molar-refractivity contribution is 6.32. The molecule has 1 amide bonds. The standard InChI is InChI=1S/C14H11ClN2O4/c15-13(9-4-2-1-3-5-9)14(19)16-11-8-10(17(20)21)6-7-12(11)18/h1-8,13,18H,(H,16,19). The molecule has 0 aromatic heterocycles. The second kappa shape index (κ2) is 6.23. The van der Waals surface area contributed by atoms with Gasteiger partial charge in [0.05, 0.1) is 10.6 Å². The Hall–Kier alpha value is -2.60. The van der Waals surface area contributed by atoms with Crippen molar-refractivity contribution < 1.29 is 14.8 Å². The maximum atomic E-state index is 12.0. The number of carbonyl (C=O) groups is 1. The summed E-state index contributed by atoms with van der Waals surface area (Å²) in [5, 5.41) is 21.7. The van der Waals surface area contributed by atoms with E-state index < -0.39 is 16.2 Å². The molecular weight excluding hydrogens is 296 g/mol. The van der Waals surface area contributed by atoms with Crippen LogP contribution in [0.2, 0.25) is 0 Å². The summed E-state index contributed by atoms with van der Waals surface area (Å²) in [7, 11) is 0. The number of non-ortho nitro benzene ring substituents is 1. The highest BCUT2D eigenvalue weighted by atomic mass is 35.5. The maximum absolute atomic E-state index is 12.0. The third kappa shape index (κ3) is 3.49. The van der Waals surface area contributed by atoms with Crippen molar-refractivity contribution >= 4 is 28.9 Å². The topological polar surface area (TPSA) is 92.5 Å². The lowest BCUT2D eigenvalue weighted by Crippen LogP contribution is -2.17. The van der Waals surface area contributed by atoms with Crippen molar-refractivity contribution in [1.82, 2.24) is 0 Å². The number of phenolic OH excluding ortho intramolecular Hbond substituents is 1. The van der Waals surface area contributed by atoms with Crippen molar-refractivity contribution in [2.75, 3.05) is 5.32 Å². The first kappa shape index (κ1) is 14.8. The van der Waals surface area contributed by atoms with Crippen LogP contribution < -0.4 is 5.32 Å². The summed E-state index contributed by atoms with van der Waals surface area (Å²) in [5.74, 6) is -0.857. The molecule has 0 saturated carbocycles. The minimum absolute atomic E-state index is 0.0595. The van der Waals surface area contributed by atoms with Gasteiger partial charge >= 0.3 is 0 Å². The van der Waals surface area contributed by atoms with Gasteiger partial charge in [-0.15, -0.1) is 11.6 Å². The molecule has 0 aliphatic carbocycles. The number of nitro groups is 1. The second-order valence-electron chi connectivity index (χ2n) is 4.22. The Morgan fingerprint density at radius 1 is 1.24 bits per heavy atom. The van der Waals surface area contributed by atoms with Gasteiger partial charge in [0, 0.05) is 12.1 Å². The van der Waals surface area contributed by atoms with Crippen LogP contribution in [0.25, 0.3) is 0 Å². The van der Waals surface area contributed by atoms with Crippen molar-refractivity contribution in [3.05, 3.63) is 64.2 Å². The Kier molecular flexibility index (Phi) is 4.39. The number of hydrogen-bond acceptors (Lipinski definition) is 4. The monoisotopic (exact) mass is 306 g/mol. The number of rotatable bonds is 4. The largest absolute Gasteiger partial charge is 0.506 e. The van der Waals surface area contributed by atoms with E-state index in [9.17, 15) is 20.0 Å². The molecule has 0 aliphatic heterocycles. The summed E-state index contributed by atoms with van der Waals surface area (Å²) >= 11 is 6.03. The lowest BCUT2D eigenvalue weighted by molar-refractivity contribution is -0.384. The third-order valence-corrected chi connectivity index (χ3v) is 3.22. The molecule has 2 aromatic carbocycles. The molecule has 21 heavy (non-hydrogen) atoms. The van der Waals surface area contributed by atoms with Gasteiger partial charge in [0.15, 0.2) is 0 Å². The number of nitrogens with zero attached hydrogens (tertiary/aromatic N) is 1. The fourth-order valence-corrected chi connectivity index (χ4v) is 1.91. The molecule has 7 heteroatoms. The number of benzene rings is 2. The number of nitro benzene ring substituents is 1. The SMILES string of the molecule is O=C(Nc1cc([N+](=O)[O-])ccc1O)C(Cl)c1ccccc1. The molecule has 2 N–H and O–H groups in total. The van der Waals surface area contributed by atoms with Crippen molar-refractivity contribution in [2.45, 2.75) is 5.38 Å². The number of amides is 1. The first-order valence-corrected chi connectivity index (χ1v) is 6.40. The quantitative estimate of drug-likeness (QED) is 0.392. The highest BCUT2D eigenvalue weighted by Gasteiger charge is 2.20. The third-order valence-electron chi connectivity index (χ3n) is 2.77. The molecule has 0 saturated heterocycles. The van der Waals surface area contributed by atoms with Crippen molar-refractivity contribution in [1.29, 1.82) is 0 Å². The molecule has 0 heterocycles. The molecule has 0 spiro atoms. The van der Waals surface area contributed by atoms with Crippen LogP contribution in [-0.2, 0) is 4.79 Å². The van der Waals surface area contributed by atoms with Crippen LogP contribution in [0, 0.1) is 10.1 Å². The average Bonchev–Trinajstić information content (AvgIpc) is 2.49. The van der Waals surface area contributed by atoms with Gasteiger partial charge in [-0.3, -0.25) is 14.9 Å². The van der Waals surface area contributed by atoms with Gasteiger partial charge in [0.2, 0.25) is 5.91 Å². The van der Waals surface area contributed by atoms with E-state index >= 15 is 0 Å². The average molecular weight is 307 g/mol. The zero-order valence-corrected chi connectivity index (χ0v) is 11.4. The number of nitrogens with one attached hydrogen (secondary N) is 1. The molecule has 0 aliphatic rings. The van der Waals surface area contributed by atoms with Crippen molar-refractivity contribution in [3.8, 4) is 5.75 Å². The van der Waals surface area contributed by atoms with Gasteiger partial charge < -0.3 is 10.4 Å². The van der Waals surface area contributed by atoms with Crippen LogP contribution >= 0.6 is 11.6 Å². The van der Waals surface area contributed by atoms with Crippen molar-refractivity contribution in [3.63, 3.8) is 0 Å². The van der Waals surface area contributed by atoms with Crippen LogP contribution in [0.4, 0.5) is 11.4 Å². The van der Waals surface area contributed by atoms with Crippen molar-refractivity contribution in [2.24, 2.45) is 0 Å². The van der Waals surface area contributed by atoms with E-state index in [1.165, 1.54) is 0 Å². The predicted octanol–water partition coefficient (Wildman–Crippen LogP) is 3.22. The molecule has 2 aromatic rings. The number of carbonyl (C=O) groups excluding carboxylic acids is 1. The molecule has 0 fully saturated rings. The zero-order chi connectivity index (χ0) is 15.4. The van der Waals surface area contributed by atoms with E-state index in [-0.39, 0.29) is 17.1 Å². The summed E-state index contributed by atoms with van der Waals surface area (Å²) in [5.41, 5.74) is 0.284. The molecule has 0 bridgehead atoms. The Bertz CT molecular complexity index is 676. The highest BCUT2D eigenvalue weighted by Crippen LogP contribution is 2.30. The number of alkyl halides is 1. The minimum atomic E-state index is -0.968. The van der Waals surface area contributed by atoms with Gasteiger partial charge in [-0.1, -0.05) is 30.3 Å². The lowest BCUT2D eigenvalue weighted by Gasteiger charge is -2.11. The first-order valence-electron chi connectivity index (χ1n) is 5.96. The zero-order valence-electron chi connectivity index (χ0n) is 10.7. The van der Waals surface area contributed by atoms with E-state index in [1.807, 2.05) is 0 Å². The Morgan fingerprint density at radius 2 is 1.90 bits per heavy atom. The van der Waals surface area contributed by atoms with E-state index in [4.69, 9.17) is 11.6 Å². The van der Waals surface area contributed by atoms with Crippen LogP contribution in [-0.4, -0.2) is 15.9 Å². The van der Waals surface area contributed by atoms with Crippen LogP contribution in [0.15, 0.2) is 48.5 Å². The predicted molar refractivity (Wildman–Crippen MR) is 78.4 cm³/mol. The number of anilines is 1. The lowest BCUT2D eigenvalue weighted by atomic mass is 10.1. The summed E-state index contributed by atoms with van der Waals surface area (Å²) < 4.78 is 0. The Labute approximate surface area is 125 Å². The summed E-state index contributed by atoms with van der Waals surface area (Å²) in [6, 6.07) is 12.0. The van der Waals surface area contributed by atoms with E-state index in [0.717, 1.165) is 18.2 Å². The van der Waals surface area contributed by atoms with E-state index in [1.54, 1.807) is 30.3 Å². The number of phenols is 1. The van der Waals surface area contributed by atoms with Crippen LogP contribution in [0.5, 0.6) is 5.75 Å². The number of aromatic hydroxyl groups is 1. The normalized spacial score (nSPS) is 11.7. The molecule has 0 radical (unpaired) electrons. The van der Waals surface area contributed by atoms with Gasteiger partial charge in [-0.2, -0.15) is 0 Å². The Balaban J connectivity index is 2.20. The molecule has 1 atom stereocenters. The van der Waals surface area contributed by atoms with Gasteiger partial charge in [0.1, 0.15) is 11.1 Å². The van der Waals surface area contributed by atoms with Gasteiger partial charge in [-0.25, -0.2) is 0 Å². The molecule has 2 rings (SSSR count). The van der Waals surface area contributed by atoms with E-state index in [2.05, 4.69) is 5.32 Å². The van der Waals surface area contributed by atoms with Gasteiger partial charge in [0.25, 0.3) is 5.69 Å². The maximum Gasteiger partial charge on any atom is 0.271 e. The molecular formula is C14H11ClN2O4. The fraction of sp³-hybridized carbons (Fsp3) is 0.0714. The van der Waals surface area contributed by atoms with Crippen LogP contribution in [0.1, 0.15) is 10.9 Å². The fourth-order valence-electron chi connectivity index (χ4n) is 1.71. The number of hydrogen-bond donors (Lipinski definition) is 2. The molecule has 108 valence electrons. The van der Waals surface area contributed by atoms with E-state index in [0.29, 0.717) is 5.56 Å². The first-order chi connectivity index (χ1) is 9.99. The summed E-state index contributed by atoms with van der Waals surface area (Å²) in [4.78, 5) is 22.1. The van der Waals surface area contributed by atoms with Gasteiger partial charge in [-0.05, 0) is 11.6 Å². The number of halogens is 1. The minimum Gasteiger partial charge on any atom is -0.506 e. The van der Waals surface area contributed by atoms with Crippen LogP contribution in [0.3, 0.4) is 0 Å². The second-order valence-corrected chi connectivity index (χ2v) is 4.66. The molecule has 1 unspecified atom stereocenters. The smallest absolute Gasteiger partial charge is 0.271 e. The Morgan fingerprint density at radius 3 is 2.52 bits per heavy atom. The molecule has 6 nitrogen and oxygen atoms in total. The summed E-state index contributed by atoms with van der Waals surface area (Å²) in [6.07, 6.45) is 0. The summed E-state index contributed by atoms with van der Waals surface area (Å²) in [6.45, 7) is 0.